The summed E-state index contributed by atoms with van der Waals surface area (Å²) >= 11 is 1.77. The number of hydrogen-bond donors (Lipinski definition) is 0. The summed E-state index contributed by atoms with van der Waals surface area (Å²) < 4.78 is 5.93. The third-order valence-electron chi connectivity index (χ3n) is 10.6. The van der Waals surface area contributed by atoms with Gasteiger partial charge in [0.2, 0.25) is 0 Å². The largest absolute Gasteiger partial charge is 0.309 e. The number of rotatable bonds is 5. The van der Waals surface area contributed by atoms with Crippen LogP contribution < -0.4 is 0 Å². The summed E-state index contributed by atoms with van der Waals surface area (Å²) in [4.78, 5) is 5.34. The monoisotopic (exact) mass is 693 g/mol. The lowest BCUT2D eigenvalue weighted by Crippen LogP contribution is -1.94. The van der Waals surface area contributed by atoms with Gasteiger partial charge in [-0.05, 0) is 59.7 Å². The molecule has 0 spiro atoms. The van der Waals surface area contributed by atoms with E-state index in [1.54, 1.807) is 11.3 Å². The minimum Gasteiger partial charge on any atom is -0.309 e. The van der Waals surface area contributed by atoms with Crippen molar-refractivity contribution in [1.82, 2.24) is 14.1 Å². The summed E-state index contributed by atoms with van der Waals surface area (Å²) in [5.41, 5.74) is 14.0. The molecular weight excluding hydrogens is 663 g/mol. The average Bonchev–Trinajstić information content (AvgIpc) is 3.92. The molecule has 0 saturated heterocycles. The van der Waals surface area contributed by atoms with E-state index in [1.165, 1.54) is 59.4 Å². The standard InChI is InChI=1S/C49H31N3S/c1-2-12-34(13-3-1)49-50-47-37(32-22-26-35(27-23-32)51-43-18-8-4-14-39(43)40-15-5-9-19-44(40)51)30-31-38(48(47)53-49)33-24-28-36(29-25-33)52-45-20-10-6-16-41(45)42-17-7-11-21-46(42)52/h1-31H. The number of nitrogens with zero attached hydrogens (tertiary/aromatic N) is 3. The quantitative estimate of drug-likeness (QED) is 0.176. The molecule has 3 nitrogen and oxygen atoms in total. The van der Waals surface area contributed by atoms with Crippen LogP contribution in [0, 0.1) is 0 Å². The molecular formula is C49H31N3S. The maximum absolute atomic E-state index is 5.34. The molecule has 0 aliphatic heterocycles. The fourth-order valence-electron chi connectivity index (χ4n) is 8.15. The normalized spacial score (nSPS) is 11.8. The maximum Gasteiger partial charge on any atom is 0.124 e. The van der Waals surface area contributed by atoms with Crippen molar-refractivity contribution in [3.8, 4) is 44.2 Å². The smallest absolute Gasteiger partial charge is 0.124 e. The highest BCUT2D eigenvalue weighted by atomic mass is 32.1. The average molecular weight is 694 g/mol. The summed E-state index contributed by atoms with van der Waals surface area (Å²) in [5.74, 6) is 0. The van der Waals surface area contributed by atoms with Gasteiger partial charge >= 0.3 is 0 Å². The van der Waals surface area contributed by atoms with Gasteiger partial charge in [-0.3, -0.25) is 0 Å². The van der Waals surface area contributed by atoms with E-state index >= 15 is 0 Å². The second-order valence-corrected chi connectivity index (χ2v) is 14.6. The zero-order valence-corrected chi connectivity index (χ0v) is 29.5. The Labute approximate surface area is 310 Å². The fourth-order valence-corrected chi connectivity index (χ4v) is 9.28. The molecule has 0 fully saturated rings. The van der Waals surface area contributed by atoms with Crippen LogP contribution in [0.3, 0.4) is 0 Å². The Morgan fingerprint density at radius 1 is 0.340 bits per heavy atom. The van der Waals surface area contributed by atoms with Crippen molar-refractivity contribution in [3.63, 3.8) is 0 Å². The molecule has 0 unspecified atom stereocenters. The second-order valence-electron chi connectivity index (χ2n) is 13.6. The lowest BCUT2D eigenvalue weighted by atomic mass is 9.98. The van der Waals surface area contributed by atoms with Crippen LogP contribution in [0.2, 0.25) is 0 Å². The van der Waals surface area contributed by atoms with Crippen LogP contribution in [0.1, 0.15) is 0 Å². The number of para-hydroxylation sites is 4. The van der Waals surface area contributed by atoms with Gasteiger partial charge in [-0.2, -0.15) is 0 Å². The van der Waals surface area contributed by atoms with Gasteiger partial charge in [-0.15, -0.1) is 11.3 Å². The van der Waals surface area contributed by atoms with Crippen LogP contribution >= 0.6 is 11.3 Å². The topological polar surface area (TPSA) is 22.8 Å². The van der Waals surface area contributed by atoms with Crippen molar-refractivity contribution in [1.29, 1.82) is 0 Å². The molecule has 4 heteroatoms. The SMILES string of the molecule is c1ccc(-c2nc3c(-c4ccc(-n5c6ccccc6c6ccccc65)cc4)ccc(-c4ccc(-n5c6ccccc6c6ccccc65)cc4)c3s2)cc1. The highest BCUT2D eigenvalue weighted by Gasteiger charge is 2.18. The molecule has 0 aliphatic carbocycles. The minimum atomic E-state index is 1.03. The molecule has 248 valence electrons. The predicted molar refractivity (Wildman–Crippen MR) is 225 cm³/mol. The van der Waals surface area contributed by atoms with E-state index in [1.807, 2.05) is 0 Å². The van der Waals surface area contributed by atoms with E-state index in [0.29, 0.717) is 0 Å². The van der Waals surface area contributed by atoms with Crippen molar-refractivity contribution in [2.45, 2.75) is 0 Å². The van der Waals surface area contributed by atoms with E-state index in [9.17, 15) is 0 Å². The molecule has 53 heavy (non-hydrogen) atoms. The van der Waals surface area contributed by atoms with Gasteiger partial charge in [-0.1, -0.05) is 140 Å². The van der Waals surface area contributed by atoms with Gasteiger partial charge in [0.1, 0.15) is 5.01 Å². The van der Waals surface area contributed by atoms with E-state index in [0.717, 1.165) is 38.6 Å². The maximum atomic E-state index is 5.34. The van der Waals surface area contributed by atoms with Gasteiger partial charge in [0.25, 0.3) is 0 Å². The highest BCUT2D eigenvalue weighted by Crippen LogP contribution is 2.42. The van der Waals surface area contributed by atoms with Gasteiger partial charge in [0.15, 0.2) is 0 Å². The highest BCUT2D eigenvalue weighted by molar-refractivity contribution is 7.22. The molecule has 0 amide bonds. The lowest BCUT2D eigenvalue weighted by molar-refractivity contribution is 1.18. The van der Waals surface area contributed by atoms with Crippen molar-refractivity contribution >= 4 is 65.2 Å². The minimum absolute atomic E-state index is 1.03. The van der Waals surface area contributed by atoms with E-state index in [-0.39, 0.29) is 0 Å². The number of aromatic nitrogens is 3. The van der Waals surface area contributed by atoms with Crippen molar-refractivity contribution in [2.24, 2.45) is 0 Å². The first kappa shape index (κ1) is 29.9. The van der Waals surface area contributed by atoms with E-state index in [4.69, 9.17) is 4.98 Å². The van der Waals surface area contributed by atoms with Crippen LogP contribution in [0.25, 0.3) is 98.0 Å². The molecule has 8 aromatic carbocycles. The molecule has 0 saturated carbocycles. The molecule has 0 atom stereocenters. The molecule has 0 radical (unpaired) electrons. The summed E-state index contributed by atoms with van der Waals surface area (Å²) in [6, 6.07) is 67.7. The Balaban J connectivity index is 1.03. The first-order valence-electron chi connectivity index (χ1n) is 18.0. The fraction of sp³-hybridized carbons (Fsp3) is 0. The molecule has 0 bridgehead atoms. The molecule has 0 aliphatic rings. The molecule has 11 rings (SSSR count). The third kappa shape index (κ3) is 4.70. The number of benzene rings is 8. The van der Waals surface area contributed by atoms with Gasteiger partial charge < -0.3 is 9.13 Å². The zero-order chi connectivity index (χ0) is 34.9. The van der Waals surface area contributed by atoms with Crippen LogP contribution in [-0.4, -0.2) is 14.1 Å². The van der Waals surface area contributed by atoms with Crippen LogP contribution in [0.4, 0.5) is 0 Å². The molecule has 3 heterocycles. The molecule has 3 aromatic heterocycles. The van der Waals surface area contributed by atoms with Crippen LogP contribution in [-0.2, 0) is 0 Å². The molecule has 11 aromatic rings. The Bertz CT molecular complexity index is 2850. The molecule has 0 N–H and O–H groups in total. The third-order valence-corrected chi connectivity index (χ3v) is 11.7. The first-order chi connectivity index (χ1) is 26.3. The summed E-state index contributed by atoms with van der Waals surface area (Å²) in [5, 5.41) is 6.10. The summed E-state index contributed by atoms with van der Waals surface area (Å²) in [6.07, 6.45) is 0. The lowest BCUT2D eigenvalue weighted by Gasteiger charge is -2.12. The first-order valence-corrected chi connectivity index (χ1v) is 18.8. The van der Waals surface area contributed by atoms with Crippen LogP contribution in [0.5, 0.6) is 0 Å². The van der Waals surface area contributed by atoms with Gasteiger partial charge in [0.05, 0.1) is 32.3 Å². The summed E-state index contributed by atoms with van der Waals surface area (Å²) in [6.45, 7) is 0. The van der Waals surface area contributed by atoms with Crippen molar-refractivity contribution < 1.29 is 0 Å². The Morgan fingerprint density at radius 2 is 0.736 bits per heavy atom. The Morgan fingerprint density at radius 3 is 1.21 bits per heavy atom. The number of thiazole rings is 1. The Kier molecular flexibility index (Phi) is 6.73. The van der Waals surface area contributed by atoms with Crippen molar-refractivity contribution in [2.75, 3.05) is 0 Å². The van der Waals surface area contributed by atoms with Crippen molar-refractivity contribution in [3.05, 3.63) is 188 Å². The van der Waals surface area contributed by atoms with Gasteiger partial charge in [0, 0.05) is 49.6 Å². The Hall–Kier alpha value is -6.75. The van der Waals surface area contributed by atoms with E-state index in [2.05, 4.69) is 197 Å². The predicted octanol–water partition coefficient (Wildman–Crippen LogP) is 13.5. The van der Waals surface area contributed by atoms with Crippen LogP contribution in [0.15, 0.2) is 188 Å². The van der Waals surface area contributed by atoms with Gasteiger partial charge in [-0.25, -0.2) is 4.98 Å². The zero-order valence-electron chi connectivity index (χ0n) is 28.6. The summed E-state index contributed by atoms with van der Waals surface area (Å²) in [7, 11) is 0. The second kappa shape index (κ2) is 11.9. The van der Waals surface area contributed by atoms with E-state index < -0.39 is 0 Å². The number of hydrogen-bond acceptors (Lipinski definition) is 2. The number of fused-ring (bicyclic) bond motifs is 7.